The van der Waals surface area contributed by atoms with Crippen LogP contribution in [0.2, 0.25) is 0 Å². The minimum absolute atomic E-state index is 0. The molecule has 0 saturated heterocycles. The highest BCUT2D eigenvalue weighted by molar-refractivity contribution is 5.85. The summed E-state index contributed by atoms with van der Waals surface area (Å²) in [5, 5.41) is 3.10. The maximum Gasteiger partial charge on any atom is 0.223 e. The number of nitrogens with one attached hydrogen (secondary N) is 1. The molecule has 0 radical (unpaired) electrons. The summed E-state index contributed by atoms with van der Waals surface area (Å²) >= 11 is 0. The Balaban J connectivity index is 0.00000182. The smallest absolute Gasteiger partial charge is 0.223 e. The number of hydrogen-bond acceptors (Lipinski definition) is 4. The summed E-state index contributed by atoms with van der Waals surface area (Å²) in [6.07, 6.45) is 5.54. The van der Waals surface area contributed by atoms with Gasteiger partial charge < -0.3 is 20.5 Å². The molecule has 1 aromatic rings. The Bertz CT molecular complexity index is 611. The van der Waals surface area contributed by atoms with Gasteiger partial charge in [0.25, 0.3) is 0 Å². The number of ether oxygens (including phenoxy) is 2. The number of halogens is 1. The van der Waals surface area contributed by atoms with Gasteiger partial charge in [-0.05, 0) is 55.2 Å². The number of fused-ring (bicyclic) bond motifs is 3. The van der Waals surface area contributed by atoms with Crippen molar-refractivity contribution in [3.05, 3.63) is 23.8 Å². The van der Waals surface area contributed by atoms with Gasteiger partial charge in [-0.2, -0.15) is 0 Å². The molecule has 3 aliphatic rings. The predicted molar refractivity (Wildman–Crippen MR) is 98.1 cm³/mol. The molecule has 2 aliphatic carbocycles. The normalized spacial score (nSPS) is 30.1. The number of carbonyl (C=O) groups excluding carboxylic acids is 1. The Morgan fingerprint density at radius 1 is 1.12 bits per heavy atom. The first-order valence-electron chi connectivity index (χ1n) is 9.12. The maximum absolute atomic E-state index is 12.6. The number of rotatable bonds is 3. The zero-order chi connectivity index (χ0) is 16.5. The topological polar surface area (TPSA) is 73.6 Å². The quantitative estimate of drug-likeness (QED) is 0.862. The summed E-state index contributed by atoms with van der Waals surface area (Å²) in [6, 6.07) is 6.17. The van der Waals surface area contributed by atoms with Crippen molar-refractivity contribution in [1.29, 1.82) is 0 Å². The third-order valence-corrected chi connectivity index (χ3v) is 5.86. The highest BCUT2D eigenvalue weighted by atomic mass is 35.5. The predicted octanol–water partition coefficient (Wildman–Crippen LogP) is 2.65. The molecule has 25 heavy (non-hydrogen) atoms. The van der Waals surface area contributed by atoms with E-state index in [1.165, 1.54) is 19.3 Å². The number of nitrogens with two attached hydrogens (primary N) is 1. The Hall–Kier alpha value is -1.46. The number of benzene rings is 1. The fourth-order valence-corrected chi connectivity index (χ4v) is 4.53. The summed E-state index contributed by atoms with van der Waals surface area (Å²) in [7, 11) is 0. The van der Waals surface area contributed by atoms with E-state index in [1.807, 2.05) is 18.2 Å². The van der Waals surface area contributed by atoms with E-state index < -0.39 is 0 Å². The van der Waals surface area contributed by atoms with E-state index in [1.54, 1.807) is 0 Å². The largest absolute Gasteiger partial charge is 0.486 e. The minimum Gasteiger partial charge on any atom is -0.486 e. The van der Waals surface area contributed by atoms with Gasteiger partial charge >= 0.3 is 0 Å². The third kappa shape index (κ3) is 3.87. The Morgan fingerprint density at radius 3 is 2.52 bits per heavy atom. The number of carbonyl (C=O) groups is 1. The molecule has 1 heterocycles. The fraction of sp³-hybridized carbons (Fsp3) is 0.632. The van der Waals surface area contributed by atoms with E-state index in [0.29, 0.717) is 37.6 Å². The first kappa shape index (κ1) is 18.3. The molecule has 4 rings (SSSR count). The van der Waals surface area contributed by atoms with Crippen LogP contribution in [-0.4, -0.2) is 25.2 Å². The number of amides is 1. The van der Waals surface area contributed by atoms with Crippen LogP contribution in [0.25, 0.3) is 0 Å². The Labute approximate surface area is 155 Å². The third-order valence-electron chi connectivity index (χ3n) is 5.86. The van der Waals surface area contributed by atoms with E-state index >= 15 is 0 Å². The second-order valence-corrected chi connectivity index (χ2v) is 7.39. The van der Waals surface area contributed by atoms with Crippen molar-refractivity contribution in [2.24, 2.45) is 23.5 Å². The molecule has 1 aromatic carbocycles. The van der Waals surface area contributed by atoms with Gasteiger partial charge in [0, 0.05) is 18.5 Å². The molecule has 1 amide bonds. The van der Waals surface area contributed by atoms with E-state index in [9.17, 15) is 4.79 Å². The maximum atomic E-state index is 12.6. The van der Waals surface area contributed by atoms with Gasteiger partial charge in [0.05, 0.1) is 0 Å². The summed E-state index contributed by atoms with van der Waals surface area (Å²) in [4.78, 5) is 12.6. The second kappa shape index (κ2) is 7.83. The van der Waals surface area contributed by atoms with Crippen LogP contribution in [0.4, 0.5) is 0 Å². The Kier molecular flexibility index (Phi) is 5.74. The van der Waals surface area contributed by atoms with E-state index in [0.717, 1.165) is 29.9 Å². The zero-order valence-electron chi connectivity index (χ0n) is 14.4. The molecule has 6 heteroatoms. The molecule has 3 N–H and O–H groups in total. The lowest BCUT2D eigenvalue weighted by molar-refractivity contribution is -0.128. The van der Waals surface area contributed by atoms with Crippen LogP contribution in [0.15, 0.2) is 18.2 Å². The lowest BCUT2D eigenvalue weighted by Gasteiger charge is -2.43. The van der Waals surface area contributed by atoms with Crippen molar-refractivity contribution in [3.8, 4) is 11.5 Å². The fourth-order valence-electron chi connectivity index (χ4n) is 4.53. The number of hydrogen-bond donors (Lipinski definition) is 2. The van der Waals surface area contributed by atoms with Gasteiger partial charge in [-0.25, -0.2) is 0 Å². The molecule has 2 bridgehead atoms. The average molecular weight is 367 g/mol. The molecule has 0 spiro atoms. The van der Waals surface area contributed by atoms with Crippen molar-refractivity contribution in [1.82, 2.24) is 5.32 Å². The van der Waals surface area contributed by atoms with Crippen molar-refractivity contribution in [2.75, 3.05) is 13.2 Å². The molecule has 2 unspecified atom stereocenters. The van der Waals surface area contributed by atoms with Crippen LogP contribution < -0.4 is 20.5 Å². The van der Waals surface area contributed by atoms with Crippen molar-refractivity contribution >= 4 is 18.3 Å². The highest BCUT2D eigenvalue weighted by Crippen LogP contribution is 2.42. The molecule has 0 aromatic heterocycles. The highest BCUT2D eigenvalue weighted by Gasteiger charge is 2.40. The molecule has 2 saturated carbocycles. The van der Waals surface area contributed by atoms with Crippen LogP contribution in [0.1, 0.15) is 37.7 Å². The molecular formula is C19H27ClN2O3. The van der Waals surface area contributed by atoms with Crippen molar-refractivity contribution in [2.45, 2.75) is 44.7 Å². The van der Waals surface area contributed by atoms with Crippen LogP contribution in [-0.2, 0) is 11.3 Å². The Morgan fingerprint density at radius 2 is 1.80 bits per heavy atom. The summed E-state index contributed by atoms with van der Waals surface area (Å²) in [6.45, 7) is 1.70. The molecule has 138 valence electrons. The lowest BCUT2D eigenvalue weighted by atomic mass is 9.65. The van der Waals surface area contributed by atoms with Gasteiger partial charge in [-0.1, -0.05) is 12.5 Å². The van der Waals surface area contributed by atoms with Crippen LogP contribution in [0, 0.1) is 17.8 Å². The first-order valence-corrected chi connectivity index (χ1v) is 9.12. The van der Waals surface area contributed by atoms with Crippen LogP contribution >= 0.6 is 12.4 Å². The SMILES string of the molecule is Cl.NC1C2CCCC1CC(C(=O)NCc1ccc3c(c1)OCCO3)C2. The van der Waals surface area contributed by atoms with E-state index in [-0.39, 0.29) is 24.2 Å². The second-order valence-electron chi connectivity index (χ2n) is 7.39. The monoisotopic (exact) mass is 366 g/mol. The van der Waals surface area contributed by atoms with E-state index in [2.05, 4.69) is 5.32 Å². The van der Waals surface area contributed by atoms with Gasteiger partial charge in [-0.15, -0.1) is 12.4 Å². The van der Waals surface area contributed by atoms with Crippen LogP contribution in [0.3, 0.4) is 0 Å². The van der Waals surface area contributed by atoms with Gasteiger partial charge in [-0.3, -0.25) is 4.79 Å². The average Bonchev–Trinajstić information content (AvgIpc) is 2.59. The van der Waals surface area contributed by atoms with Gasteiger partial charge in [0.2, 0.25) is 5.91 Å². The zero-order valence-corrected chi connectivity index (χ0v) is 15.2. The first-order chi connectivity index (χ1) is 11.7. The summed E-state index contributed by atoms with van der Waals surface area (Å²) in [5.41, 5.74) is 7.36. The molecule has 1 aliphatic heterocycles. The summed E-state index contributed by atoms with van der Waals surface area (Å²) < 4.78 is 11.1. The van der Waals surface area contributed by atoms with Crippen LogP contribution in [0.5, 0.6) is 11.5 Å². The summed E-state index contributed by atoms with van der Waals surface area (Å²) in [5.74, 6) is 2.91. The molecule has 5 nitrogen and oxygen atoms in total. The standard InChI is InChI=1S/C19H26N2O3.ClH/c20-18-13-2-1-3-14(18)10-15(9-13)19(22)21-11-12-4-5-16-17(8-12)24-7-6-23-16;/h4-5,8,13-15,18H,1-3,6-7,9-11,20H2,(H,21,22);1H. The molecule has 2 fully saturated rings. The van der Waals surface area contributed by atoms with Crippen molar-refractivity contribution in [3.63, 3.8) is 0 Å². The van der Waals surface area contributed by atoms with Gasteiger partial charge in [0.1, 0.15) is 13.2 Å². The minimum atomic E-state index is 0. The van der Waals surface area contributed by atoms with Crippen molar-refractivity contribution < 1.29 is 14.3 Å². The molecular weight excluding hydrogens is 340 g/mol. The molecule has 2 atom stereocenters. The van der Waals surface area contributed by atoms with Gasteiger partial charge in [0.15, 0.2) is 11.5 Å². The van der Waals surface area contributed by atoms with E-state index in [4.69, 9.17) is 15.2 Å². The lowest BCUT2D eigenvalue weighted by Crippen LogP contribution is -2.49.